The number of hydrogen-bond acceptors (Lipinski definition) is 9. The molecule has 2 aromatic heterocycles. The van der Waals surface area contributed by atoms with Gasteiger partial charge < -0.3 is 25.4 Å². The van der Waals surface area contributed by atoms with Crippen LogP contribution in [0.3, 0.4) is 0 Å². The van der Waals surface area contributed by atoms with Crippen molar-refractivity contribution in [3.63, 3.8) is 0 Å². The summed E-state index contributed by atoms with van der Waals surface area (Å²) in [5.41, 5.74) is 6.95. The minimum absolute atomic E-state index is 0.155. The van der Waals surface area contributed by atoms with Crippen LogP contribution in [-0.2, 0) is 9.47 Å². The van der Waals surface area contributed by atoms with Crippen LogP contribution >= 0.6 is 0 Å². The van der Waals surface area contributed by atoms with Gasteiger partial charge in [-0.25, -0.2) is 19.9 Å². The van der Waals surface area contributed by atoms with E-state index in [1.165, 1.54) is 6.20 Å². The molecule has 3 heterocycles. The number of aromatic nitrogens is 4. The van der Waals surface area contributed by atoms with Gasteiger partial charge in [-0.1, -0.05) is 0 Å². The molecular formula is C16H21N7O3. The molecule has 0 spiro atoms. The lowest BCUT2D eigenvalue weighted by Gasteiger charge is -2.27. The lowest BCUT2D eigenvalue weighted by Crippen LogP contribution is -2.37. The number of anilines is 2. The Kier molecular flexibility index (Phi) is 5.87. The van der Waals surface area contributed by atoms with E-state index in [2.05, 4.69) is 25.3 Å². The number of hydrogen-bond donors (Lipinski definition) is 2. The minimum Gasteiger partial charge on any atom is -0.383 e. The van der Waals surface area contributed by atoms with E-state index in [0.29, 0.717) is 62.2 Å². The highest BCUT2D eigenvalue weighted by Crippen LogP contribution is 2.23. The molecule has 1 aliphatic rings. The van der Waals surface area contributed by atoms with Gasteiger partial charge in [0.05, 0.1) is 31.1 Å². The maximum absolute atomic E-state index is 12.5. The molecule has 1 amide bonds. The smallest absolute Gasteiger partial charge is 0.255 e. The molecule has 1 fully saturated rings. The Morgan fingerprint density at radius 1 is 1.27 bits per heavy atom. The van der Waals surface area contributed by atoms with Crippen molar-refractivity contribution >= 4 is 17.8 Å². The summed E-state index contributed by atoms with van der Waals surface area (Å²) in [4.78, 5) is 31.5. The second kappa shape index (κ2) is 8.50. The summed E-state index contributed by atoms with van der Waals surface area (Å²) >= 11 is 0. The molecule has 0 unspecified atom stereocenters. The number of nitrogens with zero attached hydrogens (tertiary/aromatic N) is 5. The van der Waals surface area contributed by atoms with Crippen LogP contribution in [0.15, 0.2) is 18.6 Å². The van der Waals surface area contributed by atoms with Crippen molar-refractivity contribution in [1.29, 1.82) is 0 Å². The number of methoxy groups -OCH3 is 1. The van der Waals surface area contributed by atoms with Gasteiger partial charge in [-0.05, 0) is 0 Å². The second-order valence-electron chi connectivity index (χ2n) is 5.61. The third kappa shape index (κ3) is 4.21. The third-order valence-electron chi connectivity index (χ3n) is 3.85. The molecule has 1 saturated heterocycles. The fourth-order valence-electron chi connectivity index (χ4n) is 2.50. The highest BCUT2D eigenvalue weighted by Gasteiger charge is 2.20. The Labute approximate surface area is 150 Å². The predicted molar refractivity (Wildman–Crippen MR) is 94.7 cm³/mol. The van der Waals surface area contributed by atoms with Gasteiger partial charge in [0.15, 0.2) is 0 Å². The fraction of sp³-hybridized carbons (Fsp3) is 0.438. The van der Waals surface area contributed by atoms with Gasteiger partial charge in [0, 0.05) is 50.9 Å². The Hall–Kier alpha value is -2.85. The number of nitrogen functional groups attached to an aromatic ring is 1. The first-order chi connectivity index (χ1) is 12.7. The zero-order valence-electron chi connectivity index (χ0n) is 14.5. The van der Waals surface area contributed by atoms with E-state index in [-0.39, 0.29) is 11.9 Å². The van der Waals surface area contributed by atoms with Crippen molar-refractivity contribution in [2.24, 2.45) is 0 Å². The lowest BCUT2D eigenvalue weighted by molar-refractivity contribution is 0.0937. The summed E-state index contributed by atoms with van der Waals surface area (Å²) in [6.07, 6.45) is 4.60. The predicted octanol–water partition coefficient (Wildman–Crippen LogP) is -0.271. The number of nitrogens with one attached hydrogen (secondary N) is 1. The van der Waals surface area contributed by atoms with E-state index in [9.17, 15) is 4.79 Å². The number of carbonyl (C=O) groups is 1. The first kappa shape index (κ1) is 18.0. The molecule has 0 bridgehead atoms. The van der Waals surface area contributed by atoms with Gasteiger partial charge in [-0.2, -0.15) is 0 Å². The molecule has 0 radical (unpaired) electrons. The number of morpholine rings is 1. The van der Waals surface area contributed by atoms with Crippen LogP contribution in [0, 0.1) is 0 Å². The van der Waals surface area contributed by atoms with E-state index in [0.717, 1.165) is 0 Å². The quantitative estimate of drug-likeness (QED) is 0.670. The van der Waals surface area contributed by atoms with Gasteiger partial charge in [0.25, 0.3) is 5.91 Å². The first-order valence-corrected chi connectivity index (χ1v) is 8.24. The largest absolute Gasteiger partial charge is 0.383 e. The lowest BCUT2D eigenvalue weighted by atomic mass is 10.1. The van der Waals surface area contributed by atoms with Crippen molar-refractivity contribution in [2.45, 2.75) is 0 Å². The number of rotatable bonds is 6. The standard InChI is InChI=1S/C16H21N7O3/c1-25-5-2-18-14(24)12-10-21-16(23-3-6-26-7-4-23)22-13(12)11-8-19-15(17)20-9-11/h8-10H,2-7H2,1H3,(H,18,24)(H2,17,19,20). The Morgan fingerprint density at radius 2 is 2.00 bits per heavy atom. The van der Waals surface area contributed by atoms with Crippen molar-refractivity contribution in [2.75, 3.05) is 57.2 Å². The Bertz CT molecular complexity index is 748. The SMILES string of the molecule is COCCNC(=O)c1cnc(N2CCOCC2)nc1-c1cnc(N)nc1. The van der Waals surface area contributed by atoms with Crippen LogP contribution in [0.2, 0.25) is 0 Å². The molecule has 26 heavy (non-hydrogen) atoms. The molecular weight excluding hydrogens is 338 g/mol. The number of carbonyl (C=O) groups excluding carboxylic acids is 1. The highest BCUT2D eigenvalue weighted by atomic mass is 16.5. The summed E-state index contributed by atoms with van der Waals surface area (Å²) in [7, 11) is 1.57. The Balaban J connectivity index is 1.94. The van der Waals surface area contributed by atoms with Gasteiger partial charge >= 0.3 is 0 Å². The topological polar surface area (TPSA) is 128 Å². The number of ether oxygens (including phenoxy) is 2. The molecule has 10 heteroatoms. The zero-order valence-corrected chi connectivity index (χ0v) is 14.5. The van der Waals surface area contributed by atoms with Crippen LogP contribution in [0.1, 0.15) is 10.4 Å². The highest BCUT2D eigenvalue weighted by molar-refractivity contribution is 5.99. The third-order valence-corrected chi connectivity index (χ3v) is 3.85. The normalized spacial score (nSPS) is 14.3. The van der Waals surface area contributed by atoms with Crippen LogP contribution in [0.4, 0.5) is 11.9 Å². The summed E-state index contributed by atoms with van der Waals surface area (Å²) in [5, 5.41) is 2.78. The second-order valence-corrected chi connectivity index (χ2v) is 5.61. The number of amides is 1. The van der Waals surface area contributed by atoms with Crippen LogP contribution < -0.4 is 16.0 Å². The average molecular weight is 359 g/mol. The van der Waals surface area contributed by atoms with Gasteiger partial charge in [0.2, 0.25) is 11.9 Å². The molecule has 0 aliphatic carbocycles. The van der Waals surface area contributed by atoms with Crippen LogP contribution in [-0.4, -0.2) is 72.4 Å². The molecule has 0 aromatic carbocycles. The summed E-state index contributed by atoms with van der Waals surface area (Å²) in [6, 6.07) is 0. The van der Waals surface area contributed by atoms with Gasteiger partial charge in [0.1, 0.15) is 0 Å². The monoisotopic (exact) mass is 359 g/mol. The van der Waals surface area contributed by atoms with Crippen molar-refractivity contribution in [3.8, 4) is 11.3 Å². The maximum Gasteiger partial charge on any atom is 0.255 e. The maximum atomic E-state index is 12.5. The fourth-order valence-corrected chi connectivity index (χ4v) is 2.50. The van der Waals surface area contributed by atoms with Crippen molar-refractivity contribution in [1.82, 2.24) is 25.3 Å². The van der Waals surface area contributed by atoms with Gasteiger partial charge in [-0.15, -0.1) is 0 Å². The minimum atomic E-state index is -0.289. The zero-order chi connectivity index (χ0) is 18.4. The number of nitrogens with two attached hydrogens (primary N) is 1. The van der Waals surface area contributed by atoms with E-state index < -0.39 is 0 Å². The molecule has 2 aromatic rings. The van der Waals surface area contributed by atoms with E-state index in [4.69, 9.17) is 15.2 Å². The van der Waals surface area contributed by atoms with E-state index in [1.807, 2.05) is 4.90 Å². The molecule has 10 nitrogen and oxygen atoms in total. The molecule has 138 valence electrons. The van der Waals surface area contributed by atoms with E-state index >= 15 is 0 Å². The van der Waals surface area contributed by atoms with Crippen molar-refractivity contribution in [3.05, 3.63) is 24.2 Å². The molecule has 1 aliphatic heterocycles. The van der Waals surface area contributed by atoms with Crippen LogP contribution in [0.25, 0.3) is 11.3 Å². The molecule has 0 saturated carbocycles. The molecule has 3 rings (SSSR count). The summed E-state index contributed by atoms with van der Waals surface area (Å²) in [5.74, 6) is 0.401. The summed E-state index contributed by atoms with van der Waals surface area (Å²) < 4.78 is 10.3. The van der Waals surface area contributed by atoms with E-state index in [1.54, 1.807) is 19.5 Å². The van der Waals surface area contributed by atoms with Crippen molar-refractivity contribution < 1.29 is 14.3 Å². The van der Waals surface area contributed by atoms with Gasteiger partial charge in [-0.3, -0.25) is 4.79 Å². The van der Waals surface area contributed by atoms with Crippen LogP contribution in [0.5, 0.6) is 0 Å². The average Bonchev–Trinajstić information content (AvgIpc) is 2.69. The Morgan fingerprint density at radius 3 is 2.69 bits per heavy atom. The summed E-state index contributed by atoms with van der Waals surface area (Å²) in [6.45, 7) is 3.41. The first-order valence-electron chi connectivity index (χ1n) is 8.24. The molecule has 0 atom stereocenters. The molecule has 3 N–H and O–H groups in total.